The molecular formula is C33H34N2O5S2. The summed E-state index contributed by atoms with van der Waals surface area (Å²) in [6.07, 6.45) is 2.36. The fraction of sp³-hybridized carbons (Fsp3) is 0.212. The van der Waals surface area contributed by atoms with Crippen molar-refractivity contribution in [1.82, 2.24) is 5.32 Å². The number of nitrogens with one attached hydrogen (secondary N) is 1. The molecule has 218 valence electrons. The van der Waals surface area contributed by atoms with Crippen molar-refractivity contribution >= 4 is 39.3 Å². The van der Waals surface area contributed by atoms with Crippen LogP contribution in [0.15, 0.2) is 108 Å². The standard InChI is InChI=1S/C33H34N2O5S2/c1-24-12-10-11-17-28(24)30-22-25(18-19-29(30)32(36)34-31(20-21-41-3)33(37)40-2)23-35(26-13-6-4-7-14-26)42(38,39)27-15-8-5-9-16-27/h4-19,22,31H,20-21,23H2,1-3H3,(H,34,36). The summed E-state index contributed by atoms with van der Waals surface area (Å²) in [5.74, 6) is -0.237. The Morgan fingerprint density at radius 1 is 0.881 bits per heavy atom. The lowest BCUT2D eigenvalue weighted by molar-refractivity contribution is -0.142. The van der Waals surface area contributed by atoms with Crippen LogP contribution in [0.1, 0.15) is 27.9 Å². The molecule has 4 aromatic rings. The van der Waals surface area contributed by atoms with E-state index in [1.54, 1.807) is 78.5 Å². The summed E-state index contributed by atoms with van der Waals surface area (Å²) >= 11 is 1.58. The average molecular weight is 603 g/mol. The fourth-order valence-electron chi connectivity index (χ4n) is 4.64. The van der Waals surface area contributed by atoms with Crippen LogP contribution in [0.3, 0.4) is 0 Å². The van der Waals surface area contributed by atoms with Gasteiger partial charge in [0.25, 0.3) is 15.9 Å². The molecule has 9 heteroatoms. The molecular weight excluding hydrogens is 569 g/mol. The van der Waals surface area contributed by atoms with Crippen molar-refractivity contribution < 1.29 is 22.7 Å². The van der Waals surface area contributed by atoms with E-state index in [-0.39, 0.29) is 11.4 Å². The Bertz CT molecular complexity index is 1630. The number of anilines is 1. The van der Waals surface area contributed by atoms with Gasteiger partial charge in [-0.05, 0) is 84.0 Å². The van der Waals surface area contributed by atoms with Crippen molar-refractivity contribution in [1.29, 1.82) is 0 Å². The molecule has 0 aliphatic carbocycles. The predicted octanol–water partition coefficient (Wildman–Crippen LogP) is 6.08. The summed E-state index contributed by atoms with van der Waals surface area (Å²) in [5.41, 5.74) is 4.02. The van der Waals surface area contributed by atoms with Gasteiger partial charge in [-0.3, -0.25) is 9.10 Å². The number of carbonyl (C=O) groups is 2. The molecule has 0 bridgehead atoms. The number of amides is 1. The Balaban J connectivity index is 1.78. The first-order chi connectivity index (χ1) is 20.3. The van der Waals surface area contributed by atoms with Crippen LogP contribution in [-0.4, -0.2) is 45.5 Å². The Morgan fingerprint density at radius 3 is 2.17 bits per heavy atom. The molecule has 0 aliphatic rings. The summed E-state index contributed by atoms with van der Waals surface area (Å²) in [6.45, 7) is 2.00. The van der Waals surface area contributed by atoms with Crippen molar-refractivity contribution in [3.05, 3.63) is 120 Å². The van der Waals surface area contributed by atoms with E-state index in [0.717, 1.165) is 11.1 Å². The van der Waals surface area contributed by atoms with E-state index in [0.29, 0.717) is 34.6 Å². The second-order valence-electron chi connectivity index (χ2n) is 9.69. The topological polar surface area (TPSA) is 92.8 Å². The van der Waals surface area contributed by atoms with Crippen molar-refractivity contribution in [3.8, 4) is 11.1 Å². The number of hydrogen-bond donors (Lipinski definition) is 1. The number of ether oxygens (including phenoxy) is 1. The molecule has 0 radical (unpaired) electrons. The molecule has 0 spiro atoms. The molecule has 1 amide bonds. The highest BCUT2D eigenvalue weighted by atomic mass is 32.2. The fourth-order valence-corrected chi connectivity index (χ4v) is 6.59. The number of nitrogens with zero attached hydrogens (tertiary/aromatic N) is 1. The summed E-state index contributed by atoms with van der Waals surface area (Å²) in [5, 5.41) is 2.85. The molecule has 0 fully saturated rings. The SMILES string of the molecule is COC(=O)C(CCSC)NC(=O)c1ccc(CN(c2ccccc2)S(=O)(=O)c2ccccc2)cc1-c1ccccc1C. The number of para-hydroxylation sites is 1. The van der Waals surface area contributed by atoms with Gasteiger partial charge < -0.3 is 10.1 Å². The van der Waals surface area contributed by atoms with E-state index in [9.17, 15) is 18.0 Å². The monoisotopic (exact) mass is 602 g/mol. The van der Waals surface area contributed by atoms with Crippen LogP contribution in [0.4, 0.5) is 5.69 Å². The first-order valence-electron chi connectivity index (χ1n) is 13.5. The molecule has 4 aromatic carbocycles. The van der Waals surface area contributed by atoms with Crippen molar-refractivity contribution in [3.63, 3.8) is 0 Å². The Labute approximate surface area is 252 Å². The van der Waals surface area contributed by atoms with Crippen molar-refractivity contribution in [2.45, 2.75) is 30.8 Å². The molecule has 0 saturated carbocycles. The second-order valence-corrected chi connectivity index (χ2v) is 12.5. The van der Waals surface area contributed by atoms with Gasteiger partial charge in [0.15, 0.2) is 0 Å². The first-order valence-corrected chi connectivity index (χ1v) is 16.3. The predicted molar refractivity (Wildman–Crippen MR) is 169 cm³/mol. The van der Waals surface area contributed by atoms with E-state index in [2.05, 4.69) is 5.32 Å². The van der Waals surface area contributed by atoms with Crippen LogP contribution in [0.2, 0.25) is 0 Å². The molecule has 0 heterocycles. The van der Waals surface area contributed by atoms with E-state index >= 15 is 0 Å². The summed E-state index contributed by atoms with van der Waals surface area (Å²) < 4.78 is 34.0. The third-order valence-corrected chi connectivity index (χ3v) is 9.30. The lowest BCUT2D eigenvalue weighted by Crippen LogP contribution is -2.42. The number of benzene rings is 4. The summed E-state index contributed by atoms with van der Waals surface area (Å²) in [4.78, 5) is 26.2. The molecule has 1 atom stereocenters. The number of esters is 1. The number of carbonyl (C=O) groups excluding carboxylic acids is 2. The maximum atomic E-state index is 13.8. The smallest absolute Gasteiger partial charge is 0.328 e. The van der Waals surface area contributed by atoms with Crippen LogP contribution in [0.5, 0.6) is 0 Å². The second kappa shape index (κ2) is 14.2. The highest BCUT2D eigenvalue weighted by Gasteiger charge is 2.27. The molecule has 1 unspecified atom stereocenters. The average Bonchev–Trinajstić information content (AvgIpc) is 3.02. The van der Waals surface area contributed by atoms with E-state index in [1.165, 1.54) is 11.4 Å². The number of methoxy groups -OCH3 is 1. The molecule has 0 aromatic heterocycles. The summed E-state index contributed by atoms with van der Waals surface area (Å²) in [7, 11) is -2.60. The normalized spacial score (nSPS) is 11.9. The number of aryl methyl sites for hydroxylation is 1. The van der Waals surface area contributed by atoms with Crippen LogP contribution >= 0.6 is 11.8 Å². The highest BCUT2D eigenvalue weighted by molar-refractivity contribution is 7.98. The third kappa shape index (κ3) is 7.21. The minimum absolute atomic E-state index is 0.0422. The zero-order valence-corrected chi connectivity index (χ0v) is 25.5. The molecule has 4 rings (SSSR count). The minimum atomic E-state index is -3.90. The van der Waals surface area contributed by atoms with Gasteiger partial charge in [0.2, 0.25) is 0 Å². The largest absolute Gasteiger partial charge is 0.467 e. The van der Waals surface area contributed by atoms with E-state index in [1.807, 2.05) is 49.6 Å². The van der Waals surface area contributed by atoms with Gasteiger partial charge in [-0.25, -0.2) is 13.2 Å². The number of thioether (sulfide) groups is 1. The van der Waals surface area contributed by atoms with Gasteiger partial charge in [0.05, 0.1) is 24.2 Å². The first kappa shape index (κ1) is 30.9. The Kier molecular flexibility index (Phi) is 10.4. The van der Waals surface area contributed by atoms with Gasteiger partial charge in [0.1, 0.15) is 6.04 Å². The molecule has 0 saturated heterocycles. The quantitative estimate of drug-likeness (QED) is 0.198. The van der Waals surface area contributed by atoms with Gasteiger partial charge in [-0.2, -0.15) is 11.8 Å². The van der Waals surface area contributed by atoms with E-state index < -0.39 is 27.9 Å². The molecule has 1 N–H and O–H groups in total. The van der Waals surface area contributed by atoms with Crippen LogP contribution in [-0.2, 0) is 26.1 Å². The van der Waals surface area contributed by atoms with Gasteiger partial charge in [0, 0.05) is 5.56 Å². The Hall–Kier alpha value is -4.08. The van der Waals surface area contributed by atoms with Crippen molar-refractivity contribution in [2.24, 2.45) is 0 Å². The maximum Gasteiger partial charge on any atom is 0.328 e. The maximum absolute atomic E-state index is 13.8. The lowest BCUT2D eigenvalue weighted by atomic mass is 9.93. The zero-order valence-electron chi connectivity index (χ0n) is 23.8. The van der Waals surface area contributed by atoms with Crippen LogP contribution in [0.25, 0.3) is 11.1 Å². The van der Waals surface area contributed by atoms with Gasteiger partial charge in [-0.15, -0.1) is 0 Å². The van der Waals surface area contributed by atoms with Crippen LogP contribution < -0.4 is 9.62 Å². The van der Waals surface area contributed by atoms with Gasteiger partial charge in [-0.1, -0.05) is 66.7 Å². The summed E-state index contributed by atoms with van der Waals surface area (Å²) in [6, 6.07) is 29.4. The molecule has 0 aliphatic heterocycles. The van der Waals surface area contributed by atoms with Gasteiger partial charge >= 0.3 is 5.97 Å². The molecule has 7 nitrogen and oxygen atoms in total. The number of rotatable bonds is 12. The third-order valence-electron chi connectivity index (χ3n) is 6.87. The van der Waals surface area contributed by atoms with Crippen LogP contribution in [0, 0.1) is 6.92 Å². The highest BCUT2D eigenvalue weighted by Crippen LogP contribution is 2.31. The number of hydrogen-bond acceptors (Lipinski definition) is 6. The molecule has 42 heavy (non-hydrogen) atoms. The zero-order chi connectivity index (χ0) is 30.1. The Morgan fingerprint density at radius 2 is 1.52 bits per heavy atom. The minimum Gasteiger partial charge on any atom is -0.467 e. The van der Waals surface area contributed by atoms with E-state index in [4.69, 9.17) is 4.74 Å². The van der Waals surface area contributed by atoms with Crippen molar-refractivity contribution in [2.75, 3.05) is 23.4 Å². The lowest BCUT2D eigenvalue weighted by Gasteiger charge is -2.25. The number of sulfonamides is 1.